The summed E-state index contributed by atoms with van der Waals surface area (Å²) in [6.07, 6.45) is 1.67. The van der Waals surface area contributed by atoms with Gasteiger partial charge in [-0.3, -0.25) is 0 Å². The summed E-state index contributed by atoms with van der Waals surface area (Å²) in [5, 5.41) is 3.24. The molecule has 120 valence electrons. The quantitative estimate of drug-likeness (QED) is 0.843. The van der Waals surface area contributed by atoms with Crippen LogP contribution in [0.15, 0.2) is 27.6 Å². The highest BCUT2D eigenvalue weighted by Gasteiger charge is 2.30. The van der Waals surface area contributed by atoms with Crippen LogP contribution >= 0.6 is 28.3 Å². The molecule has 1 N–H and O–H groups in total. The van der Waals surface area contributed by atoms with Crippen molar-refractivity contribution in [3.63, 3.8) is 0 Å². The molecule has 5 nitrogen and oxygen atoms in total. The summed E-state index contributed by atoms with van der Waals surface area (Å²) < 4.78 is 32.5. The van der Waals surface area contributed by atoms with Crippen molar-refractivity contribution in [3.05, 3.63) is 22.7 Å². The molecule has 0 amide bonds. The average molecular weight is 400 g/mol. The lowest BCUT2D eigenvalue weighted by Gasteiger charge is -2.31. The maximum atomic E-state index is 12.7. The Labute approximate surface area is 140 Å². The number of rotatable bonds is 4. The normalized spacial score (nSPS) is 16.6. The second kappa shape index (κ2) is 7.78. The molecule has 1 aromatic rings. The van der Waals surface area contributed by atoms with E-state index in [-0.39, 0.29) is 23.3 Å². The van der Waals surface area contributed by atoms with Crippen molar-refractivity contribution < 1.29 is 13.2 Å². The highest BCUT2D eigenvalue weighted by molar-refractivity contribution is 9.10. The van der Waals surface area contributed by atoms with E-state index in [1.54, 1.807) is 32.4 Å². The Morgan fingerprint density at radius 2 is 1.95 bits per heavy atom. The molecule has 0 saturated carbocycles. The highest BCUT2D eigenvalue weighted by Crippen LogP contribution is 2.30. The first kappa shape index (κ1) is 18.7. The van der Waals surface area contributed by atoms with Crippen LogP contribution in [0.3, 0.4) is 0 Å². The van der Waals surface area contributed by atoms with Crippen LogP contribution in [0.4, 0.5) is 0 Å². The lowest BCUT2D eigenvalue weighted by atomic mass is 10.1. The highest BCUT2D eigenvalue weighted by atomic mass is 79.9. The molecule has 2 rings (SSSR count). The number of hydrogen-bond acceptors (Lipinski definition) is 4. The fourth-order valence-electron chi connectivity index (χ4n) is 2.34. The fraction of sp³-hybridized carbons (Fsp3) is 0.538. The van der Waals surface area contributed by atoms with Gasteiger partial charge in [0.1, 0.15) is 5.75 Å². The van der Waals surface area contributed by atoms with E-state index in [2.05, 4.69) is 21.2 Å². The molecule has 8 heteroatoms. The van der Waals surface area contributed by atoms with E-state index in [4.69, 9.17) is 4.74 Å². The number of nitrogens with one attached hydrogen (secondary N) is 1. The second-order valence-corrected chi connectivity index (χ2v) is 7.62. The van der Waals surface area contributed by atoms with Crippen LogP contribution in [0.25, 0.3) is 0 Å². The smallest absolute Gasteiger partial charge is 0.244 e. The first-order chi connectivity index (χ1) is 9.46. The molecule has 0 atom stereocenters. The Hall–Kier alpha value is -0.340. The van der Waals surface area contributed by atoms with Crippen LogP contribution in [-0.4, -0.2) is 46.0 Å². The molecule has 1 aromatic carbocycles. The van der Waals surface area contributed by atoms with Gasteiger partial charge in [0.2, 0.25) is 10.0 Å². The largest absolute Gasteiger partial charge is 0.497 e. The van der Waals surface area contributed by atoms with Gasteiger partial charge in [-0.05, 0) is 60.1 Å². The molecule has 0 aromatic heterocycles. The first-order valence-electron chi connectivity index (χ1n) is 6.49. The molecule has 1 aliphatic rings. The van der Waals surface area contributed by atoms with Crippen LogP contribution in [0.5, 0.6) is 5.75 Å². The van der Waals surface area contributed by atoms with Crippen molar-refractivity contribution in [2.75, 3.05) is 27.2 Å². The molecule has 0 radical (unpaired) electrons. The van der Waals surface area contributed by atoms with E-state index in [0.29, 0.717) is 10.2 Å². The van der Waals surface area contributed by atoms with Gasteiger partial charge in [0, 0.05) is 17.6 Å². The molecular formula is C13H20BrClN2O3S. The molecular weight excluding hydrogens is 380 g/mol. The topological polar surface area (TPSA) is 58.6 Å². The third kappa shape index (κ3) is 4.10. The Morgan fingerprint density at radius 3 is 2.48 bits per heavy atom. The number of halogens is 2. The Balaban J connectivity index is 0.00000220. The van der Waals surface area contributed by atoms with Crippen LogP contribution < -0.4 is 10.1 Å². The molecule has 1 fully saturated rings. The van der Waals surface area contributed by atoms with Gasteiger partial charge in [-0.25, -0.2) is 8.42 Å². The van der Waals surface area contributed by atoms with E-state index in [0.717, 1.165) is 25.9 Å². The minimum absolute atomic E-state index is 0. The maximum Gasteiger partial charge on any atom is 0.244 e. The summed E-state index contributed by atoms with van der Waals surface area (Å²) in [7, 11) is -0.284. The number of hydrogen-bond donors (Lipinski definition) is 1. The first-order valence-corrected chi connectivity index (χ1v) is 8.72. The van der Waals surface area contributed by atoms with E-state index in [9.17, 15) is 8.42 Å². The second-order valence-electron chi connectivity index (χ2n) is 4.80. The number of ether oxygens (including phenoxy) is 1. The molecule has 21 heavy (non-hydrogen) atoms. The lowest BCUT2D eigenvalue weighted by molar-refractivity contribution is 0.296. The molecule has 0 unspecified atom stereocenters. The zero-order valence-corrected chi connectivity index (χ0v) is 15.2. The predicted octanol–water partition coefficient (Wildman–Crippen LogP) is 2.25. The van der Waals surface area contributed by atoms with E-state index in [1.165, 1.54) is 4.31 Å². The summed E-state index contributed by atoms with van der Waals surface area (Å²) in [6.45, 7) is 1.71. The van der Waals surface area contributed by atoms with E-state index >= 15 is 0 Å². The van der Waals surface area contributed by atoms with Gasteiger partial charge in [-0.15, -0.1) is 12.4 Å². The fourth-order valence-corrected chi connectivity index (χ4v) is 4.77. The minimum Gasteiger partial charge on any atom is -0.497 e. The third-order valence-corrected chi connectivity index (χ3v) is 6.51. The number of nitrogens with zero attached hydrogens (tertiary/aromatic N) is 1. The number of piperidine rings is 1. The standard InChI is InChI=1S/C13H19BrN2O3S.ClH/c1-16(10-5-7-15-8-6-10)20(17,18)13-4-3-11(19-2)9-12(13)14;/h3-4,9-10,15H,5-8H2,1-2H3;1H. The molecule has 1 heterocycles. The molecule has 1 saturated heterocycles. The van der Waals surface area contributed by atoms with Crippen molar-refractivity contribution in [2.24, 2.45) is 0 Å². The molecule has 0 bridgehead atoms. The molecule has 0 spiro atoms. The van der Waals surface area contributed by atoms with Crippen molar-refractivity contribution >= 4 is 38.4 Å². The van der Waals surface area contributed by atoms with Gasteiger partial charge in [-0.2, -0.15) is 4.31 Å². The predicted molar refractivity (Wildman–Crippen MR) is 88.8 cm³/mol. The van der Waals surface area contributed by atoms with Gasteiger partial charge < -0.3 is 10.1 Å². The molecule has 0 aliphatic carbocycles. The zero-order chi connectivity index (χ0) is 14.8. The van der Waals surface area contributed by atoms with Crippen molar-refractivity contribution in [1.29, 1.82) is 0 Å². The van der Waals surface area contributed by atoms with Gasteiger partial charge in [-0.1, -0.05) is 0 Å². The Bertz CT molecular complexity index is 577. The average Bonchev–Trinajstić information content (AvgIpc) is 2.46. The molecule has 1 aliphatic heterocycles. The van der Waals surface area contributed by atoms with Gasteiger partial charge in [0.25, 0.3) is 0 Å². The maximum absolute atomic E-state index is 12.7. The van der Waals surface area contributed by atoms with Crippen LogP contribution in [0.2, 0.25) is 0 Å². The summed E-state index contributed by atoms with van der Waals surface area (Å²) in [5.41, 5.74) is 0. The van der Waals surface area contributed by atoms with Gasteiger partial charge in [0.05, 0.1) is 12.0 Å². The van der Waals surface area contributed by atoms with Crippen LogP contribution in [-0.2, 0) is 10.0 Å². The summed E-state index contributed by atoms with van der Waals surface area (Å²) in [4.78, 5) is 0.277. The van der Waals surface area contributed by atoms with Crippen molar-refractivity contribution in [1.82, 2.24) is 9.62 Å². The third-order valence-electron chi connectivity index (χ3n) is 3.62. The van der Waals surface area contributed by atoms with Gasteiger partial charge in [0.15, 0.2) is 0 Å². The number of benzene rings is 1. The Kier molecular flexibility index (Phi) is 6.93. The van der Waals surface area contributed by atoms with Crippen molar-refractivity contribution in [3.8, 4) is 5.75 Å². The summed E-state index contributed by atoms with van der Waals surface area (Å²) in [5.74, 6) is 0.625. The SMILES string of the molecule is COc1ccc(S(=O)(=O)N(C)C2CCNCC2)c(Br)c1.Cl. The summed E-state index contributed by atoms with van der Waals surface area (Å²) in [6, 6.07) is 4.96. The Morgan fingerprint density at radius 1 is 1.33 bits per heavy atom. The van der Waals surface area contributed by atoms with Crippen LogP contribution in [0.1, 0.15) is 12.8 Å². The van der Waals surface area contributed by atoms with Crippen molar-refractivity contribution in [2.45, 2.75) is 23.8 Å². The van der Waals surface area contributed by atoms with Gasteiger partial charge >= 0.3 is 0 Å². The monoisotopic (exact) mass is 398 g/mol. The lowest BCUT2D eigenvalue weighted by Crippen LogP contribution is -2.43. The van der Waals surface area contributed by atoms with E-state index < -0.39 is 10.0 Å². The van der Waals surface area contributed by atoms with Crippen LogP contribution in [0, 0.1) is 0 Å². The van der Waals surface area contributed by atoms with E-state index in [1.807, 2.05) is 0 Å². The minimum atomic E-state index is -3.49. The zero-order valence-electron chi connectivity index (χ0n) is 12.0. The number of sulfonamides is 1. The summed E-state index contributed by atoms with van der Waals surface area (Å²) >= 11 is 3.32. The number of methoxy groups -OCH3 is 1.